The molecule has 0 unspecified atom stereocenters. The van der Waals surface area contributed by atoms with Crippen molar-refractivity contribution in [1.82, 2.24) is 0 Å². The van der Waals surface area contributed by atoms with Crippen molar-refractivity contribution in [3.8, 4) is 0 Å². The highest BCUT2D eigenvalue weighted by Gasteiger charge is 1.95. The molecule has 0 aromatic heterocycles. The molecular weight excluding hydrogens is 124 g/mol. The molecule has 5 heteroatoms. The standard InChI is InChI=1S/C4H8N2O3/c1-3(6-8-2)9-4(5)7/h1-2H3,(H2,5,7). The third-order valence-corrected chi connectivity index (χ3v) is 0.468. The molecule has 9 heavy (non-hydrogen) atoms. The highest BCUT2D eigenvalue weighted by Crippen LogP contribution is 1.80. The lowest BCUT2D eigenvalue weighted by Crippen LogP contribution is -2.16. The van der Waals surface area contributed by atoms with Crippen molar-refractivity contribution in [2.75, 3.05) is 7.11 Å². The molecule has 0 atom stereocenters. The summed E-state index contributed by atoms with van der Waals surface area (Å²) >= 11 is 0. The number of hydrogen-bond acceptors (Lipinski definition) is 4. The maximum atomic E-state index is 9.95. The van der Waals surface area contributed by atoms with Gasteiger partial charge in [-0.05, 0) is 0 Å². The van der Waals surface area contributed by atoms with Gasteiger partial charge in [-0.1, -0.05) is 5.16 Å². The minimum atomic E-state index is -0.895. The fourth-order valence-corrected chi connectivity index (χ4v) is 0.293. The summed E-state index contributed by atoms with van der Waals surface area (Å²) in [5.74, 6) is 0.0880. The first-order valence-electron chi connectivity index (χ1n) is 2.22. The zero-order chi connectivity index (χ0) is 7.28. The monoisotopic (exact) mass is 132 g/mol. The van der Waals surface area contributed by atoms with E-state index in [9.17, 15) is 4.79 Å². The van der Waals surface area contributed by atoms with E-state index in [0.717, 1.165) is 0 Å². The molecule has 52 valence electrons. The predicted molar refractivity (Wildman–Crippen MR) is 30.8 cm³/mol. The predicted octanol–water partition coefficient (Wildman–Crippen LogP) is 0.0615. The van der Waals surface area contributed by atoms with Crippen LogP contribution in [0.3, 0.4) is 0 Å². The Morgan fingerprint density at radius 3 is 2.56 bits per heavy atom. The second kappa shape index (κ2) is 3.71. The maximum absolute atomic E-state index is 9.95. The van der Waals surface area contributed by atoms with Crippen molar-refractivity contribution in [1.29, 1.82) is 0 Å². The number of ether oxygens (including phenoxy) is 1. The van der Waals surface area contributed by atoms with Gasteiger partial charge in [-0.3, -0.25) is 0 Å². The van der Waals surface area contributed by atoms with Gasteiger partial charge in [0.2, 0.25) is 5.90 Å². The Bertz CT molecular complexity index is 132. The Hall–Kier alpha value is -1.26. The molecular formula is C4H8N2O3. The summed E-state index contributed by atoms with van der Waals surface area (Å²) in [6.45, 7) is 1.45. The number of oxime groups is 1. The molecule has 0 aliphatic carbocycles. The molecule has 2 N–H and O–H groups in total. The summed E-state index contributed by atoms with van der Waals surface area (Å²) in [7, 11) is 1.34. The van der Waals surface area contributed by atoms with Crippen LogP contribution in [0.1, 0.15) is 6.92 Å². The van der Waals surface area contributed by atoms with Crippen LogP contribution in [0.25, 0.3) is 0 Å². The van der Waals surface area contributed by atoms with Gasteiger partial charge in [0.15, 0.2) is 0 Å². The molecule has 0 radical (unpaired) electrons. The summed E-state index contributed by atoms with van der Waals surface area (Å²) in [5, 5.41) is 3.26. The fraction of sp³-hybridized carbons (Fsp3) is 0.500. The average molecular weight is 132 g/mol. The van der Waals surface area contributed by atoms with E-state index in [0.29, 0.717) is 0 Å². The van der Waals surface area contributed by atoms with E-state index < -0.39 is 6.09 Å². The van der Waals surface area contributed by atoms with Crippen molar-refractivity contribution in [2.45, 2.75) is 6.92 Å². The topological polar surface area (TPSA) is 73.9 Å². The zero-order valence-electron chi connectivity index (χ0n) is 5.25. The first-order chi connectivity index (χ1) is 4.16. The van der Waals surface area contributed by atoms with E-state index >= 15 is 0 Å². The third kappa shape index (κ3) is 4.60. The molecule has 5 nitrogen and oxygen atoms in total. The molecule has 0 rings (SSSR count). The average Bonchev–Trinajstić information content (AvgIpc) is 1.63. The number of hydrogen-bond donors (Lipinski definition) is 1. The van der Waals surface area contributed by atoms with Gasteiger partial charge >= 0.3 is 6.09 Å². The summed E-state index contributed by atoms with van der Waals surface area (Å²) in [5.41, 5.74) is 4.63. The minimum Gasteiger partial charge on any atom is -0.396 e. The van der Waals surface area contributed by atoms with Crippen LogP contribution in [0.2, 0.25) is 0 Å². The quantitative estimate of drug-likeness (QED) is 0.311. The second-order valence-electron chi connectivity index (χ2n) is 1.21. The molecule has 0 fully saturated rings. The number of carbonyl (C=O) groups is 1. The Morgan fingerprint density at radius 1 is 1.67 bits per heavy atom. The summed E-state index contributed by atoms with van der Waals surface area (Å²) < 4.78 is 4.25. The van der Waals surface area contributed by atoms with Crippen molar-refractivity contribution in [3.05, 3.63) is 0 Å². The van der Waals surface area contributed by atoms with Gasteiger partial charge in [0.1, 0.15) is 7.11 Å². The van der Waals surface area contributed by atoms with Crippen molar-refractivity contribution < 1.29 is 14.4 Å². The van der Waals surface area contributed by atoms with Gasteiger partial charge in [-0.15, -0.1) is 0 Å². The third-order valence-electron chi connectivity index (χ3n) is 0.468. The van der Waals surface area contributed by atoms with Crippen LogP contribution in [0.15, 0.2) is 5.16 Å². The first kappa shape index (κ1) is 7.74. The van der Waals surface area contributed by atoms with Crippen LogP contribution < -0.4 is 5.73 Å². The molecule has 0 aliphatic rings. The van der Waals surface area contributed by atoms with Crippen molar-refractivity contribution in [3.63, 3.8) is 0 Å². The molecule has 0 saturated heterocycles. The van der Waals surface area contributed by atoms with Crippen LogP contribution in [-0.2, 0) is 9.57 Å². The lowest BCUT2D eigenvalue weighted by atomic mass is 10.8. The van der Waals surface area contributed by atoms with Gasteiger partial charge < -0.3 is 15.3 Å². The molecule has 0 aromatic carbocycles. The van der Waals surface area contributed by atoms with Crippen LogP contribution in [0.4, 0.5) is 4.79 Å². The number of nitrogens with two attached hydrogens (primary N) is 1. The first-order valence-corrected chi connectivity index (χ1v) is 2.22. The van der Waals surface area contributed by atoms with Crippen LogP contribution in [0.5, 0.6) is 0 Å². The number of amides is 1. The number of carbonyl (C=O) groups excluding carboxylic acids is 1. The maximum Gasteiger partial charge on any atom is 0.411 e. The smallest absolute Gasteiger partial charge is 0.396 e. The van der Waals surface area contributed by atoms with Crippen LogP contribution in [0, 0.1) is 0 Å². The lowest BCUT2D eigenvalue weighted by Gasteiger charge is -1.95. The number of nitrogens with zero attached hydrogens (tertiary/aromatic N) is 1. The fourth-order valence-electron chi connectivity index (χ4n) is 0.293. The van der Waals surface area contributed by atoms with Gasteiger partial charge in [0.05, 0.1) is 0 Å². The normalized spacial score (nSPS) is 10.7. The van der Waals surface area contributed by atoms with E-state index in [1.165, 1.54) is 14.0 Å². The van der Waals surface area contributed by atoms with Gasteiger partial charge in [-0.2, -0.15) is 0 Å². The van der Waals surface area contributed by atoms with Gasteiger partial charge in [-0.25, -0.2) is 4.79 Å². The van der Waals surface area contributed by atoms with E-state index in [4.69, 9.17) is 0 Å². The van der Waals surface area contributed by atoms with E-state index in [-0.39, 0.29) is 5.90 Å². The van der Waals surface area contributed by atoms with Gasteiger partial charge in [0.25, 0.3) is 0 Å². The molecule has 0 spiro atoms. The molecule has 0 aliphatic heterocycles. The molecule has 0 bridgehead atoms. The van der Waals surface area contributed by atoms with Gasteiger partial charge in [0, 0.05) is 6.92 Å². The van der Waals surface area contributed by atoms with Crippen LogP contribution >= 0.6 is 0 Å². The Morgan fingerprint density at radius 2 is 2.22 bits per heavy atom. The Kier molecular flexibility index (Phi) is 3.19. The second-order valence-corrected chi connectivity index (χ2v) is 1.21. The molecule has 0 aromatic rings. The van der Waals surface area contributed by atoms with Crippen LogP contribution in [-0.4, -0.2) is 19.1 Å². The largest absolute Gasteiger partial charge is 0.411 e. The summed E-state index contributed by atoms with van der Waals surface area (Å²) in [4.78, 5) is 14.2. The highest BCUT2D eigenvalue weighted by molar-refractivity contribution is 5.85. The summed E-state index contributed by atoms with van der Waals surface area (Å²) in [6.07, 6.45) is -0.895. The number of rotatable bonds is 1. The Labute approximate surface area is 52.4 Å². The summed E-state index contributed by atoms with van der Waals surface area (Å²) in [6, 6.07) is 0. The Balaban J connectivity index is 3.62. The zero-order valence-corrected chi connectivity index (χ0v) is 5.25. The highest BCUT2D eigenvalue weighted by atomic mass is 16.6. The molecule has 0 heterocycles. The number of primary amides is 1. The SMILES string of the molecule is CON=C(C)OC(N)=O. The van der Waals surface area contributed by atoms with E-state index in [1.807, 2.05) is 0 Å². The molecule has 1 amide bonds. The van der Waals surface area contributed by atoms with Crippen molar-refractivity contribution >= 4 is 12.0 Å². The van der Waals surface area contributed by atoms with E-state index in [1.54, 1.807) is 0 Å². The lowest BCUT2D eigenvalue weighted by molar-refractivity contribution is 0.185. The van der Waals surface area contributed by atoms with E-state index in [2.05, 4.69) is 20.5 Å². The molecule has 0 saturated carbocycles. The minimum absolute atomic E-state index is 0.0880. The van der Waals surface area contributed by atoms with Crippen molar-refractivity contribution in [2.24, 2.45) is 10.9 Å².